The minimum absolute atomic E-state index is 0.125. The molecule has 0 spiro atoms. The number of rotatable bonds is 1. The van der Waals surface area contributed by atoms with Crippen molar-refractivity contribution in [3.63, 3.8) is 0 Å². The Morgan fingerprint density at radius 3 is 2.64 bits per heavy atom. The van der Waals surface area contributed by atoms with E-state index in [0.29, 0.717) is 0 Å². The van der Waals surface area contributed by atoms with Crippen LogP contribution in [-0.2, 0) is 0 Å². The maximum absolute atomic E-state index is 13.1. The molecule has 0 aromatic heterocycles. The summed E-state index contributed by atoms with van der Waals surface area (Å²) in [6, 6.07) is 0. The molecule has 1 rings (SSSR count). The largest absolute Gasteiger partial charge is 0.509 e. The number of aliphatic hydroxyl groups is 1. The van der Waals surface area contributed by atoms with Gasteiger partial charge in [0.25, 0.3) is 0 Å². The number of aliphatic hydroxyl groups excluding tert-OH is 1. The van der Waals surface area contributed by atoms with Crippen LogP contribution in [0.15, 0.2) is 23.5 Å². The molecule has 1 aliphatic carbocycles. The first-order valence-corrected chi connectivity index (χ1v) is 3.88. The molecule has 62 valence electrons. The van der Waals surface area contributed by atoms with Gasteiger partial charge >= 0.3 is 0 Å². The van der Waals surface area contributed by atoms with Crippen LogP contribution in [0.25, 0.3) is 0 Å². The molecule has 2 unspecified atom stereocenters. The van der Waals surface area contributed by atoms with Crippen LogP contribution < -0.4 is 0 Å². The number of hydrogen-bond acceptors (Lipinski definition) is 1. The van der Waals surface area contributed by atoms with Gasteiger partial charge in [-0.3, -0.25) is 0 Å². The van der Waals surface area contributed by atoms with Crippen molar-refractivity contribution in [3.8, 4) is 0 Å². The summed E-state index contributed by atoms with van der Waals surface area (Å²) in [7, 11) is 0. The minimum Gasteiger partial charge on any atom is -0.509 e. The number of allylic oxidation sites excluding steroid dienone is 4. The van der Waals surface area contributed by atoms with E-state index < -0.39 is 6.17 Å². The van der Waals surface area contributed by atoms with Gasteiger partial charge in [0.05, 0.1) is 0 Å². The first-order chi connectivity index (χ1) is 5.16. The Morgan fingerprint density at radius 2 is 2.18 bits per heavy atom. The molecule has 11 heavy (non-hydrogen) atoms. The molecule has 2 heteroatoms. The van der Waals surface area contributed by atoms with E-state index in [0.717, 1.165) is 12.0 Å². The van der Waals surface area contributed by atoms with E-state index in [2.05, 4.69) is 0 Å². The third-order valence-electron chi connectivity index (χ3n) is 2.18. The van der Waals surface area contributed by atoms with Crippen molar-refractivity contribution in [1.82, 2.24) is 0 Å². The molecule has 1 nitrogen and oxygen atoms in total. The molecule has 0 amide bonds. The fraction of sp³-hybridized carbons (Fsp3) is 0.556. The highest BCUT2D eigenvalue weighted by molar-refractivity contribution is 5.25. The van der Waals surface area contributed by atoms with Crippen LogP contribution >= 0.6 is 0 Å². The standard InChI is InChI=1S/C9H13FO/c1-3-7-6(2)4-5-8(11)9(7)10/h4-5,7,9,11H,3H2,1-2H3. The molecule has 0 bridgehead atoms. The van der Waals surface area contributed by atoms with Crippen molar-refractivity contribution in [2.75, 3.05) is 0 Å². The van der Waals surface area contributed by atoms with E-state index >= 15 is 0 Å². The summed E-state index contributed by atoms with van der Waals surface area (Å²) in [6.45, 7) is 3.82. The molecule has 0 aromatic rings. The quantitative estimate of drug-likeness (QED) is 0.619. The Hall–Kier alpha value is -0.790. The van der Waals surface area contributed by atoms with E-state index in [1.54, 1.807) is 6.08 Å². The van der Waals surface area contributed by atoms with Gasteiger partial charge in [-0.15, -0.1) is 0 Å². The highest BCUT2D eigenvalue weighted by atomic mass is 19.1. The molecule has 0 heterocycles. The molecule has 0 aliphatic heterocycles. The van der Waals surface area contributed by atoms with Gasteiger partial charge in [0.1, 0.15) is 5.76 Å². The number of halogens is 1. The molecular weight excluding hydrogens is 143 g/mol. The fourth-order valence-corrected chi connectivity index (χ4v) is 1.40. The van der Waals surface area contributed by atoms with Crippen molar-refractivity contribution in [3.05, 3.63) is 23.5 Å². The zero-order valence-electron chi connectivity index (χ0n) is 6.84. The predicted molar refractivity (Wildman–Crippen MR) is 43.1 cm³/mol. The summed E-state index contributed by atoms with van der Waals surface area (Å²) < 4.78 is 13.1. The smallest absolute Gasteiger partial charge is 0.163 e. The van der Waals surface area contributed by atoms with Crippen molar-refractivity contribution < 1.29 is 9.50 Å². The van der Waals surface area contributed by atoms with Crippen LogP contribution in [0.2, 0.25) is 0 Å². The Labute approximate surface area is 66.2 Å². The summed E-state index contributed by atoms with van der Waals surface area (Å²) >= 11 is 0. The molecular formula is C9H13FO. The number of hydrogen-bond donors (Lipinski definition) is 1. The third-order valence-corrected chi connectivity index (χ3v) is 2.18. The zero-order chi connectivity index (χ0) is 8.43. The van der Waals surface area contributed by atoms with E-state index in [1.807, 2.05) is 13.8 Å². The molecule has 0 aromatic carbocycles. The summed E-state index contributed by atoms with van der Waals surface area (Å²) in [5, 5.41) is 9.04. The zero-order valence-corrected chi connectivity index (χ0v) is 6.84. The lowest BCUT2D eigenvalue weighted by Gasteiger charge is -2.22. The first-order valence-electron chi connectivity index (χ1n) is 3.88. The van der Waals surface area contributed by atoms with Gasteiger partial charge in [-0.25, -0.2) is 4.39 Å². The summed E-state index contributed by atoms with van der Waals surface area (Å²) in [5.74, 6) is -0.262. The lowest BCUT2D eigenvalue weighted by molar-refractivity contribution is 0.203. The van der Waals surface area contributed by atoms with Crippen molar-refractivity contribution in [1.29, 1.82) is 0 Å². The van der Waals surface area contributed by atoms with Crippen LogP contribution in [0.5, 0.6) is 0 Å². The van der Waals surface area contributed by atoms with Gasteiger partial charge in [0, 0.05) is 5.92 Å². The Morgan fingerprint density at radius 1 is 1.55 bits per heavy atom. The lowest BCUT2D eigenvalue weighted by Crippen LogP contribution is -2.21. The highest BCUT2D eigenvalue weighted by Gasteiger charge is 2.26. The van der Waals surface area contributed by atoms with Gasteiger partial charge in [0.15, 0.2) is 6.17 Å². The monoisotopic (exact) mass is 156 g/mol. The molecule has 0 fully saturated rings. The van der Waals surface area contributed by atoms with Crippen LogP contribution in [0, 0.1) is 5.92 Å². The Balaban J connectivity index is 2.84. The van der Waals surface area contributed by atoms with E-state index in [4.69, 9.17) is 5.11 Å². The topological polar surface area (TPSA) is 20.2 Å². The molecule has 2 atom stereocenters. The summed E-state index contributed by atoms with van der Waals surface area (Å²) in [5.41, 5.74) is 1.01. The second-order valence-electron chi connectivity index (χ2n) is 2.92. The van der Waals surface area contributed by atoms with Crippen LogP contribution in [0.4, 0.5) is 4.39 Å². The second-order valence-corrected chi connectivity index (χ2v) is 2.92. The summed E-state index contributed by atoms with van der Waals surface area (Å²) in [6.07, 6.45) is 2.76. The van der Waals surface area contributed by atoms with Crippen LogP contribution in [0.3, 0.4) is 0 Å². The second kappa shape index (κ2) is 3.07. The SMILES string of the molecule is CCC1C(C)=CC=C(O)C1F. The van der Waals surface area contributed by atoms with Crippen LogP contribution in [0.1, 0.15) is 20.3 Å². The lowest BCUT2D eigenvalue weighted by atomic mass is 9.88. The van der Waals surface area contributed by atoms with Crippen molar-refractivity contribution in [2.24, 2.45) is 5.92 Å². The number of alkyl halides is 1. The summed E-state index contributed by atoms with van der Waals surface area (Å²) in [4.78, 5) is 0. The molecule has 0 radical (unpaired) electrons. The average Bonchev–Trinajstić information content (AvgIpc) is 1.99. The van der Waals surface area contributed by atoms with Gasteiger partial charge in [-0.1, -0.05) is 18.6 Å². The highest BCUT2D eigenvalue weighted by Crippen LogP contribution is 2.28. The minimum atomic E-state index is -1.19. The van der Waals surface area contributed by atoms with E-state index in [9.17, 15) is 4.39 Å². The Bertz CT molecular complexity index is 206. The van der Waals surface area contributed by atoms with Crippen molar-refractivity contribution in [2.45, 2.75) is 26.4 Å². The predicted octanol–water partition coefficient (Wildman–Crippen LogP) is 2.75. The van der Waals surface area contributed by atoms with Gasteiger partial charge in [-0.05, 0) is 19.4 Å². The van der Waals surface area contributed by atoms with Gasteiger partial charge < -0.3 is 5.11 Å². The molecule has 0 saturated heterocycles. The third kappa shape index (κ3) is 1.44. The fourth-order valence-electron chi connectivity index (χ4n) is 1.40. The molecule has 0 saturated carbocycles. The maximum atomic E-state index is 13.1. The maximum Gasteiger partial charge on any atom is 0.163 e. The molecule has 1 aliphatic rings. The van der Waals surface area contributed by atoms with Crippen molar-refractivity contribution >= 4 is 0 Å². The van der Waals surface area contributed by atoms with Gasteiger partial charge in [-0.2, -0.15) is 0 Å². The Kier molecular flexibility index (Phi) is 2.32. The normalized spacial score (nSPS) is 31.2. The van der Waals surface area contributed by atoms with Crippen LogP contribution in [-0.4, -0.2) is 11.3 Å². The van der Waals surface area contributed by atoms with E-state index in [1.165, 1.54) is 6.08 Å². The van der Waals surface area contributed by atoms with E-state index in [-0.39, 0.29) is 11.7 Å². The van der Waals surface area contributed by atoms with Gasteiger partial charge in [0.2, 0.25) is 0 Å². The first kappa shape index (κ1) is 8.31. The molecule has 1 N–H and O–H groups in total. The average molecular weight is 156 g/mol.